The number of nitrogens with zero attached hydrogens (tertiary/aromatic N) is 1. The molecule has 0 radical (unpaired) electrons. The Morgan fingerprint density at radius 3 is 2.24 bits per heavy atom. The van der Waals surface area contributed by atoms with E-state index in [0.717, 1.165) is 19.5 Å². The van der Waals surface area contributed by atoms with Gasteiger partial charge < -0.3 is 4.90 Å². The lowest BCUT2D eigenvalue weighted by molar-refractivity contribution is -0.134. The van der Waals surface area contributed by atoms with Gasteiger partial charge in [0.05, 0.1) is 5.41 Å². The quantitative estimate of drug-likeness (QED) is 0.780. The molecule has 17 heavy (non-hydrogen) atoms. The summed E-state index contributed by atoms with van der Waals surface area (Å²) in [5, 5.41) is 0. The molecular formula is C15H21NO. The summed E-state index contributed by atoms with van der Waals surface area (Å²) in [5.74, 6) is 0.777. The van der Waals surface area contributed by atoms with Crippen molar-refractivity contribution in [3.8, 4) is 0 Å². The molecule has 92 valence electrons. The van der Waals surface area contributed by atoms with Crippen LogP contribution in [0.3, 0.4) is 0 Å². The Morgan fingerprint density at radius 2 is 1.82 bits per heavy atom. The van der Waals surface area contributed by atoms with Crippen LogP contribution in [0.4, 0.5) is 0 Å². The molecule has 0 aliphatic heterocycles. The first kappa shape index (κ1) is 12.2. The van der Waals surface area contributed by atoms with Gasteiger partial charge in [-0.1, -0.05) is 37.3 Å². The molecule has 0 spiro atoms. The van der Waals surface area contributed by atoms with Crippen LogP contribution >= 0.6 is 0 Å². The molecule has 0 N–H and O–H groups in total. The molecule has 2 nitrogen and oxygen atoms in total. The van der Waals surface area contributed by atoms with Gasteiger partial charge in [0.1, 0.15) is 0 Å². The topological polar surface area (TPSA) is 20.3 Å². The second kappa shape index (κ2) is 4.52. The van der Waals surface area contributed by atoms with Crippen LogP contribution in [0.25, 0.3) is 0 Å². The van der Waals surface area contributed by atoms with Crippen LogP contribution in [0.2, 0.25) is 0 Å². The van der Waals surface area contributed by atoms with Gasteiger partial charge in [-0.3, -0.25) is 4.79 Å². The van der Waals surface area contributed by atoms with Crippen molar-refractivity contribution < 1.29 is 4.79 Å². The van der Waals surface area contributed by atoms with Crippen LogP contribution in [0, 0.1) is 5.92 Å². The average molecular weight is 231 g/mol. The molecule has 1 fully saturated rings. The van der Waals surface area contributed by atoms with Crippen molar-refractivity contribution >= 4 is 5.91 Å². The zero-order valence-electron chi connectivity index (χ0n) is 10.9. The summed E-state index contributed by atoms with van der Waals surface area (Å²) < 4.78 is 0. The van der Waals surface area contributed by atoms with E-state index in [-0.39, 0.29) is 5.41 Å². The molecule has 0 aromatic heterocycles. The van der Waals surface area contributed by atoms with E-state index in [0.29, 0.717) is 11.8 Å². The van der Waals surface area contributed by atoms with Crippen LogP contribution in [0.15, 0.2) is 30.3 Å². The molecule has 0 heterocycles. The first-order valence-corrected chi connectivity index (χ1v) is 6.51. The lowest BCUT2D eigenvalue weighted by Crippen LogP contribution is -2.40. The van der Waals surface area contributed by atoms with Crippen LogP contribution in [0.1, 0.15) is 32.8 Å². The van der Waals surface area contributed by atoms with Crippen molar-refractivity contribution in [3.05, 3.63) is 35.9 Å². The van der Waals surface area contributed by atoms with Gasteiger partial charge >= 0.3 is 0 Å². The Balaban J connectivity index is 2.31. The molecule has 1 aliphatic carbocycles. The molecule has 1 unspecified atom stereocenters. The van der Waals surface area contributed by atoms with Gasteiger partial charge in [0.15, 0.2) is 0 Å². The summed E-state index contributed by atoms with van der Waals surface area (Å²) in [5.41, 5.74) is 0.956. The standard InChI is InChI=1S/C15H21NO/c1-4-16(5-2)14(17)15(11-12(15)3)13-9-7-6-8-10-13/h6-10,12H,4-5,11H2,1-3H3/t12?,15-/m0/s1. The lowest BCUT2D eigenvalue weighted by Gasteiger charge is -2.26. The summed E-state index contributed by atoms with van der Waals surface area (Å²) in [6.07, 6.45) is 0.992. The summed E-state index contributed by atoms with van der Waals surface area (Å²) in [7, 11) is 0. The summed E-state index contributed by atoms with van der Waals surface area (Å²) in [6, 6.07) is 10.2. The van der Waals surface area contributed by atoms with Crippen molar-refractivity contribution in [2.75, 3.05) is 13.1 Å². The molecule has 0 saturated heterocycles. The smallest absolute Gasteiger partial charge is 0.233 e. The third-order valence-electron chi connectivity index (χ3n) is 4.03. The number of amides is 1. The molecule has 1 saturated carbocycles. The van der Waals surface area contributed by atoms with E-state index >= 15 is 0 Å². The monoisotopic (exact) mass is 231 g/mol. The second-order valence-electron chi connectivity index (χ2n) is 4.92. The molecule has 2 heteroatoms. The molecule has 0 bridgehead atoms. The number of benzene rings is 1. The number of hydrogen-bond donors (Lipinski definition) is 0. The van der Waals surface area contributed by atoms with Crippen molar-refractivity contribution in [2.24, 2.45) is 5.92 Å². The van der Waals surface area contributed by atoms with Crippen LogP contribution in [0.5, 0.6) is 0 Å². The number of hydrogen-bond acceptors (Lipinski definition) is 1. The largest absolute Gasteiger partial charge is 0.342 e. The van der Waals surface area contributed by atoms with Crippen molar-refractivity contribution in [3.63, 3.8) is 0 Å². The highest BCUT2D eigenvalue weighted by Crippen LogP contribution is 2.55. The van der Waals surface area contributed by atoms with E-state index in [1.807, 2.05) is 36.9 Å². The average Bonchev–Trinajstić information content (AvgIpc) is 3.05. The SMILES string of the molecule is CCN(CC)C(=O)[C@@]1(c2ccccc2)CC1C. The maximum Gasteiger partial charge on any atom is 0.233 e. The molecule has 2 atom stereocenters. The number of likely N-dealkylation sites (N-methyl/N-ethyl adjacent to an activating group) is 1. The third-order valence-corrected chi connectivity index (χ3v) is 4.03. The normalized spacial score (nSPS) is 26.6. The first-order chi connectivity index (χ1) is 8.16. The van der Waals surface area contributed by atoms with E-state index in [4.69, 9.17) is 0 Å². The number of carbonyl (C=O) groups excluding carboxylic acids is 1. The fourth-order valence-corrected chi connectivity index (χ4v) is 2.78. The Kier molecular flexibility index (Phi) is 3.23. The zero-order valence-corrected chi connectivity index (χ0v) is 10.9. The molecule has 1 amide bonds. The van der Waals surface area contributed by atoms with Crippen molar-refractivity contribution in [1.82, 2.24) is 4.90 Å². The first-order valence-electron chi connectivity index (χ1n) is 6.51. The fraction of sp³-hybridized carbons (Fsp3) is 0.533. The number of carbonyl (C=O) groups is 1. The van der Waals surface area contributed by atoms with Gasteiger partial charge in [-0.05, 0) is 31.7 Å². The van der Waals surface area contributed by atoms with Crippen molar-refractivity contribution in [1.29, 1.82) is 0 Å². The predicted octanol–water partition coefficient (Wildman–Crippen LogP) is 2.83. The second-order valence-corrected chi connectivity index (χ2v) is 4.92. The van der Waals surface area contributed by atoms with Gasteiger partial charge in [0.2, 0.25) is 5.91 Å². The minimum Gasteiger partial charge on any atom is -0.342 e. The van der Waals surface area contributed by atoms with E-state index in [1.165, 1.54) is 5.56 Å². The van der Waals surface area contributed by atoms with Gasteiger partial charge in [-0.2, -0.15) is 0 Å². The van der Waals surface area contributed by atoms with E-state index < -0.39 is 0 Å². The molecule has 1 aromatic rings. The third kappa shape index (κ3) is 1.86. The van der Waals surface area contributed by atoms with Gasteiger partial charge in [0.25, 0.3) is 0 Å². The highest BCUT2D eigenvalue weighted by atomic mass is 16.2. The Bertz CT molecular complexity index is 397. The fourth-order valence-electron chi connectivity index (χ4n) is 2.78. The van der Waals surface area contributed by atoms with Gasteiger partial charge in [-0.25, -0.2) is 0 Å². The molecule has 2 rings (SSSR count). The zero-order chi connectivity index (χ0) is 12.5. The van der Waals surface area contributed by atoms with Gasteiger partial charge in [-0.15, -0.1) is 0 Å². The van der Waals surface area contributed by atoms with Crippen LogP contribution < -0.4 is 0 Å². The summed E-state index contributed by atoms with van der Waals surface area (Å²) in [4.78, 5) is 14.6. The Morgan fingerprint density at radius 1 is 1.29 bits per heavy atom. The molecule has 1 aromatic carbocycles. The minimum atomic E-state index is -0.229. The summed E-state index contributed by atoms with van der Waals surface area (Å²) >= 11 is 0. The maximum absolute atomic E-state index is 12.6. The van der Waals surface area contributed by atoms with E-state index in [2.05, 4.69) is 19.1 Å². The van der Waals surface area contributed by atoms with Crippen molar-refractivity contribution in [2.45, 2.75) is 32.6 Å². The Labute approximate surface area is 104 Å². The highest BCUT2D eigenvalue weighted by Gasteiger charge is 2.59. The number of rotatable bonds is 4. The van der Waals surface area contributed by atoms with E-state index in [1.54, 1.807) is 0 Å². The van der Waals surface area contributed by atoms with E-state index in [9.17, 15) is 4.79 Å². The van der Waals surface area contributed by atoms with Crippen LogP contribution in [-0.4, -0.2) is 23.9 Å². The molecule has 1 aliphatic rings. The Hall–Kier alpha value is -1.31. The predicted molar refractivity (Wildman–Crippen MR) is 69.8 cm³/mol. The van der Waals surface area contributed by atoms with Crippen LogP contribution in [-0.2, 0) is 10.2 Å². The highest BCUT2D eigenvalue weighted by molar-refractivity contribution is 5.92. The maximum atomic E-state index is 12.6. The minimum absolute atomic E-state index is 0.229. The lowest BCUT2D eigenvalue weighted by atomic mass is 9.92. The summed E-state index contributed by atoms with van der Waals surface area (Å²) in [6.45, 7) is 7.88. The molecular weight excluding hydrogens is 210 g/mol. The van der Waals surface area contributed by atoms with Gasteiger partial charge in [0, 0.05) is 13.1 Å².